The summed E-state index contributed by atoms with van der Waals surface area (Å²) in [5.74, 6) is -0.369. The minimum atomic E-state index is -3.10. The minimum absolute atomic E-state index is 0.103. The van der Waals surface area contributed by atoms with E-state index in [9.17, 15) is 14.5 Å². The van der Waals surface area contributed by atoms with Gasteiger partial charge in [-0.25, -0.2) is 0 Å². The lowest BCUT2D eigenvalue weighted by atomic mass is 9.87. The first-order valence-corrected chi connectivity index (χ1v) is 7.39. The Labute approximate surface area is 113 Å². The van der Waals surface area contributed by atoms with E-state index in [2.05, 4.69) is 0 Å². The Morgan fingerprint density at radius 1 is 1.37 bits per heavy atom. The summed E-state index contributed by atoms with van der Waals surface area (Å²) < 4.78 is 16.2. The first-order valence-electron chi connectivity index (χ1n) is 6.12. The molecule has 1 aromatic carbocycles. The van der Waals surface area contributed by atoms with Gasteiger partial charge < -0.3 is 10.00 Å². The number of hydrogen-bond acceptors (Lipinski definition) is 4. The normalized spacial score (nSPS) is 13.3. The standard InChI is InChI=1S/C13H19O5P/c1-4-13(5-2,18-19(16)17)10-6-7-12(15)11(8-10)9(3)14/h6-8,15,19H,4-5H2,1-3H3,(H,16,17). The second-order valence-electron chi connectivity index (χ2n) is 4.36. The van der Waals surface area contributed by atoms with E-state index in [0.29, 0.717) is 18.4 Å². The third kappa shape index (κ3) is 3.44. The highest BCUT2D eigenvalue weighted by molar-refractivity contribution is 7.32. The molecule has 1 unspecified atom stereocenters. The fraction of sp³-hybridized carbons (Fsp3) is 0.462. The van der Waals surface area contributed by atoms with E-state index in [4.69, 9.17) is 9.42 Å². The molecular weight excluding hydrogens is 267 g/mol. The van der Waals surface area contributed by atoms with E-state index in [0.717, 1.165) is 0 Å². The van der Waals surface area contributed by atoms with Gasteiger partial charge >= 0.3 is 8.25 Å². The van der Waals surface area contributed by atoms with Crippen LogP contribution in [0.4, 0.5) is 0 Å². The molecule has 0 aliphatic carbocycles. The molecule has 0 fully saturated rings. The zero-order valence-corrected chi connectivity index (χ0v) is 12.3. The Bertz CT molecular complexity index is 494. The second kappa shape index (κ2) is 6.33. The molecule has 1 atom stereocenters. The largest absolute Gasteiger partial charge is 0.507 e. The van der Waals surface area contributed by atoms with Crippen LogP contribution in [0.3, 0.4) is 0 Å². The maximum atomic E-state index is 11.4. The van der Waals surface area contributed by atoms with Crippen molar-refractivity contribution in [3.8, 4) is 5.75 Å². The van der Waals surface area contributed by atoms with E-state index >= 15 is 0 Å². The third-order valence-corrected chi connectivity index (χ3v) is 3.89. The van der Waals surface area contributed by atoms with Crippen LogP contribution in [-0.4, -0.2) is 15.8 Å². The van der Waals surface area contributed by atoms with Crippen molar-refractivity contribution >= 4 is 14.0 Å². The maximum Gasteiger partial charge on any atom is 0.317 e. The van der Waals surface area contributed by atoms with Gasteiger partial charge in [0.25, 0.3) is 0 Å². The maximum absolute atomic E-state index is 11.4. The van der Waals surface area contributed by atoms with E-state index in [1.54, 1.807) is 6.07 Å². The minimum Gasteiger partial charge on any atom is -0.507 e. The molecule has 19 heavy (non-hydrogen) atoms. The first-order chi connectivity index (χ1) is 8.86. The van der Waals surface area contributed by atoms with Gasteiger partial charge in [0.1, 0.15) is 11.4 Å². The molecule has 5 nitrogen and oxygen atoms in total. The van der Waals surface area contributed by atoms with Gasteiger partial charge in [0, 0.05) is 0 Å². The molecular formula is C13H19O5P. The summed E-state index contributed by atoms with van der Waals surface area (Å²) >= 11 is 0. The molecule has 0 radical (unpaired) electrons. The molecule has 0 bridgehead atoms. The molecule has 106 valence electrons. The Morgan fingerprint density at radius 3 is 2.37 bits per heavy atom. The van der Waals surface area contributed by atoms with Gasteiger partial charge in [-0.1, -0.05) is 19.9 Å². The molecule has 1 rings (SSSR count). The Hall–Kier alpha value is -1.16. The summed E-state index contributed by atoms with van der Waals surface area (Å²) in [5.41, 5.74) is -0.110. The summed E-state index contributed by atoms with van der Waals surface area (Å²) in [7, 11) is -3.10. The number of carbonyl (C=O) groups excluding carboxylic acids is 1. The molecule has 0 aliphatic heterocycles. The van der Waals surface area contributed by atoms with E-state index < -0.39 is 13.9 Å². The van der Waals surface area contributed by atoms with Crippen LogP contribution in [0.25, 0.3) is 0 Å². The van der Waals surface area contributed by atoms with Crippen molar-refractivity contribution < 1.29 is 23.9 Å². The summed E-state index contributed by atoms with van der Waals surface area (Å²) in [4.78, 5) is 20.5. The van der Waals surface area contributed by atoms with Gasteiger partial charge in [-0.3, -0.25) is 13.9 Å². The predicted octanol–water partition coefficient (Wildman–Crippen LogP) is 3.01. The Balaban J connectivity index is 3.35. The highest BCUT2D eigenvalue weighted by Crippen LogP contribution is 2.41. The average Bonchev–Trinajstić information content (AvgIpc) is 2.36. The monoisotopic (exact) mass is 286 g/mol. The van der Waals surface area contributed by atoms with Crippen LogP contribution in [0.2, 0.25) is 0 Å². The average molecular weight is 286 g/mol. The zero-order valence-electron chi connectivity index (χ0n) is 11.3. The lowest BCUT2D eigenvalue weighted by Crippen LogP contribution is -2.26. The van der Waals surface area contributed by atoms with Crippen LogP contribution >= 0.6 is 8.25 Å². The van der Waals surface area contributed by atoms with Gasteiger partial charge in [0.2, 0.25) is 0 Å². The van der Waals surface area contributed by atoms with Crippen LogP contribution in [-0.2, 0) is 14.7 Å². The zero-order chi connectivity index (χ0) is 14.6. The molecule has 1 aromatic rings. The summed E-state index contributed by atoms with van der Waals surface area (Å²) in [6.07, 6.45) is 0.977. The van der Waals surface area contributed by atoms with Gasteiger partial charge in [0.15, 0.2) is 5.78 Å². The first kappa shape index (κ1) is 15.9. The quantitative estimate of drug-likeness (QED) is 0.620. The molecule has 0 aliphatic rings. The number of phenolic OH excluding ortho intramolecular Hbond substituents is 1. The van der Waals surface area contributed by atoms with Gasteiger partial charge in [-0.05, 0) is 37.5 Å². The van der Waals surface area contributed by atoms with Crippen molar-refractivity contribution in [1.82, 2.24) is 0 Å². The Kier molecular flexibility index (Phi) is 5.29. The molecule has 0 saturated carbocycles. The SMILES string of the molecule is CCC(CC)(O[PH](=O)O)c1ccc(O)c(C(C)=O)c1. The van der Waals surface area contributed by atoms with Crippen LogP contribution in [0.1, 0.15) is 49.5 Å². The number of ketones is 1. The smallest absolute Gasteiger partial charge is 0.317 e. The molecule has 0 spiro atoms. The van der Waals surface area contributed by atoms with Gasteiger partial charge in [-0.15, -0.1) is 0 Å². The number of rotatable bonds is 6. The molecule has 0 heterocycles. The number of carbonyl (C=O) groups is 1. The number of aromatic hydroxyl groups is 1. The molecule has 6 heteroatoms. The molecule has 0 saturated heterocycles. The van der Waals surface area contributed by atoms with E-state index in [1.807, 2.05) is 13.8 Å². The van der Waals surface area contributed by atoms with Crippen molar-refractivity contribution in [2.75, 3.05) is 0 Å². The lowest BCUT2D eigenvalue weighted by Gasteiger charge is -2.31. The number of benzene rings is 1. The van der Waals surface area contributed by atoms with Crippen molar-refractivity contribution in [2.24, 2.45) is 0 Å². The summed E-state index contributed by atoms with van der Waals surface area (Å²) in [6.45, 7) is 5.04. The van der Waals surface area contributed by atoms with Crippen molar-refractivity contribution in [2.45, 2.75) is 39.2 Å². The predicted molar refractivity (Wildman–Crippen MR) is 72.7 cm³/mol. The lowest BCUT2D eigenvalue weighted by molar-refractivity contribution is 0.0535. The summed E-state index contributed by atoms with van der Waals surface area (Å²) in [5, 5.41) is 9.63. The van der Waals surface area contributed by atoms with Gasteiger partial charge in [-0.2, -0.15) is 0 Å². The second-order valence-corrected chi connectivity index (χ2v) is 5.09. The van der Waals surface area contributed by atoms with Crippen LogP contribution in [0.5, 0.6) is 5.75 Å². The highest BCUT2D eigenvalue weighted by atomic mass is 31.1. The van der Waals surface area contributed by atoms with E-state index in [-0.39, 0.29) is 17.1 Å². The van der Waals surface area contributed by atoms with Crippen molar-refractivity contribution in [3.05, 3.63) is 29.3 Å². The van der Waals surface area contributed by atoms with Crippen LogP contribution in [0.15, 0.2) is 18.2 Å². The number of phenols is 1. The van der Waals surface area contributed by atoms with Crippen molar-refractivity contribution in [3.63, 3.8) is 0 Å². The number of hydrogen-bond donors (Lipinski definition) is 2. The summed E-state index contributed by atoms with van der Waals surface area (Å²) in [6, 6.07) is 4.54. The number of Topliss-reactive ketones (excluding diaryl/α,β-unsaturated/α-hetero) is 1. The third-order valence-electron chi connectivity index (χ3n) is 3.33. The van der Waals surface area contributed by atoms with E-state index in [1.165, 1.54) is 19.1 Å². The topological polar surface area (TPSA) is 83.8 Å². The molecule has 0 aromatic heterocycles. The van der Waals surface area contributed by atoms with Crippen LogP contribution in [0, 0.1) is 0 Å². The van der Waals surface area contributed by atoms with Crippen LogP contribution < -0.4 is 0 Å². The Morgan fingerprint density at radius 2 is 1.95 bits per heavy atom. The van der Waals surface area contributed by atoms with Gasteiger partial charge in [0.05, 0.1) is 5.56 Å². The molecule has 0 amide bonds. The fourth-order valence-corrected chi connectivity index (χ4v) is 2.87. The fourth-order valence-electron chi connectivity index (χ4n) is 2.13. The van der Waals surface area contributed by atoms with Crippen molar-refractivity contribution in [1.29, 1.82) is 0 Å². The molecule has 2 N–H and O–H groups in total. The highest BCUT2D eigenvalue weighted by Gasteiger charge is 2.32.